The Hall–Kier alpha value is -0.610. The van der Waals surface area contributed by atoms with E-state index in [4.69, 9.17) is 14.3 Å². The second-order valence-corrected chi connectivity index (χ2v) is 19.1. The number of unbranched alkanes of at least 4 members (excludes halogenated alkanes) is 34. The zero-order valence-corrected chi connectivity index (χ0v) is 39.8. The molecule has 0 aliphatic heterocycles. The predicted octanol–water partition coefficient (Wildman–Crippen LogP) is 18.2. The molecule has 0 heterocycles. The number of hydrogen-bond acceptors (Lipinski definition) is 4. The van der Waals surface area contributed by atoms with E-state index in [1.54, 1.807) is 7.11 Å². The minimum Gasteiger partial charge on any atom is -0.393 e. The lowest BCUT2D eigenvalue weighted by molar-refractivity contribution is -0.0547. The van der Waals surface area contributed by atoms with Crippen molar-refractivity contribution in [3.63, 3.8) is 0 Å². The van der Waals surface area contributed by atoms with Crippen LogP contribution in [0.5, 0.6) is 0 Å². The van der Waals surface area contributed by atoms with Crippen LogP contribution < -0.4 is 0 Å². The minimum atomic E-state index is -0.257. The van der Waals surface area contributed by atoms with Crippen LogP contribution in [0.15, 0.2) is 5.16 Å². The molecule has 4 nitrogen and oxygen atoms in total. The lowest BCUT2D eigenvalue weighted by Crippen LogP contribution is -2.30. The highest BCUT2D eigenvalue weighted by atomic mass is 16.6. The van der Waals surface area contributed by atoms with Gasteiger partial charge in [-0.3, -0.25) is 0 Å². The number of rotatable bonds is 47. The fourth-order valence-electron chi connectivity index (χ4n) is 7.92. The Labute approximate surface area is 354 Å². The van der Waals surface area contributed by atoms with E-state index in [1.807, 2.05) is 6.21 Å². The summed E-state index contributed by atoms with van der Waals surface area (Å²) < 4.78 is 11.7. The third kappa shape index (κ3) is 43.0. The topological polar surface area (TPSA) is 40.0 Å². The van der Waals surface area contributed by atoms with Gasteiger partial charge in [-0.2, -0.15) is 0 Å². The molecule has 0 saturated heterocycles. The quantitative estimate of drug-likeness (QED) is 0.0350. The maximum atomic E-state index is 6.19. The molecule has 336 valence electrons. The van der Waals surface area contributed by atoms with Crippen LogP contribution in [0.1, 0.15) is 298 Å². The van der Waals surface area contributed by atoms with Crippen LogP contribution in [0, 0.1) is 0 Å². The molecule has 0 fully saturated rings. The molecular formula is C52H105NO3. The van der Waals surface area contributed by atoms with Gasteiger partial charge in [0.1, 0.15) is 6.10 Å². The number of oxime groups is 1. The summed E-state index contributed by atoms with van der Waals surface area (Å²) in [4.78, 5) is 6.17. The van der Waals surface area contributed by atoms with Crippen LogP contribution in [0.4, 0.5) is 0 Å². The van der Waals surface area contributed by atoms with Crippen molar-refractivity contribution in [3.05, 3.63) is 0 Å². The number of methoxy groups -OCH3 is 1. The van der Waals surface area contributed by atoms with E-state index in [9.17, 15) is 0 Å². The lowest BCUT2D eigenvalue weighted by Gasteiger charge is -2.27. The van der Waals surface area contributed by atoms with Crippen LogP contribution in [0.2, 0.25) is 0 Å². The molecule has 0 saturated carbocycles. The highest BCUT2D eigenvalue weighted by molar-refractivity contribution is 5.57. The fourth-order valence-corrected chi connectivity index (χ4v) is 7.92. The molecule has 0 N–H and O–H groups in total. The third-order valence-corrected chi connectivity index (χ3v) is 12.4. The summed E-state index contributed by atoms with van der Waals surface area (Å²) in [6.45, 7) is 13.8. The molecule has 0 aromatic carbocycles. The van der Waals surface area contributed by atoms with E-state index in [2.05, 4.69) is 46.7 Å². The first-order valence-corrected chi connectivity index (χ1v) is 25.6. The van der Waals surface area contributed by atoms with Crippen molar-refractivity contribution in [2.45, 2.75) is 316 Å². The highest BCUT2D eigenvalue weighted by Crippen LogP contribution is 2.21. The molecule has 0 bridgehead atoms. The smallest absolute Gasteiger partial charge is 0.127 e. The molecule has 56 heavy (non-hydrogen) atoms. The standard InChI is InChI=1S/C52H105NO3/c1-8-10-12-14-16-18-20-22-24-26-28-30-32-34-36-38-40-42-44-50(56-53-48-46-52(5,6)55-49-47-51(3,4)54-7)45-43-41-39-37-35-33-31-29-27-25-23-21-19-17-15-13-11-9-2/h48,50H,8-47,49H2,1-7H3/b53-48+. The van der Waals surface area contributed by atoms with E-state index in [-0.39, 0.29) is 17.3 Å². The zero-order chi connectivity index (χ0) is 41.1. The maximum absolute atomic E-state index is 6.19. The summed E-state index contributed by atoms with van der Waals surface area (Å²) in [7, 11) is 1.77. The number of ether oxygens (including phenoxy) is 2. The molecular weight excluding hydrogens is 687 g/mol. The predicted molar refractivity (Wildman–Crippen MR) is 251 cm³/mol. The number of hydrogen-bond donors (Lipinski definition) is 0. The minimum absolute atomic E-state index is 0.154. The van der Waals surface area contributed by atoms with Crippen LogP contribution in [-0.2, 0) is 14.3 Å². The van der Waals surface area contributed by atoms with Gasteiger partial charge >= 0.3 is 0 Å². The third-order valence-electron chi connectivity index (χ3n) is 12.4. The molecule has 0 radical (unpaired) electrons. The molecule has 0 unspecified atom stereocenters. The van der Waals surface area contributed by atoms with Gasteiger partial charge in [0.2, 0.25) is 0 Å². The van der Waals surface area contributed by atoms with E-state index in [0.717, 1.165) is 25.7 Å². The Kier molecular flexibility index (Phi) is 42.0. The maximum Gasteiger partial charge on any atom is 0.127 e. The summed E-state index contributed by atoms with van der Waals surface area (Å²) in [6, 6.07) is 0. The Morgan fingerprint density at radius 1 is 0.411 bits per heavy atom. The van der Waals surface area contributed by atoms with Gasteiger partial charge in [-0.05, 0) is 59.8 Å². The molecule has 0 aromatic rings. The fraction of sp³-hybridized carbons (Fsp3) is 0.981. The van der Waals surface area contributed by atoms with Gasteiger partial charge in [0.25, 0.3) is 0 Å². The SMILES string of the molecule is CCCCCCCCCCCCCCCCCCCCC(CCCCCCCCCCCCCCCCCCCC)O/N=C/CC(C)(C)OCCC(C)(C)OC. The molecule has 0 aliphatic rings. The van der Waals surface area contributed by atoms with Crippen LogP contribution in [-0.4, -0.2) is 37.2 Å². The number of nitrogens with zero attached hydrogens (tertiary/aromatic N) is 1. The van der Waals surface area contributed by atoms with Gasteiger partial charge in [0.15, 0.2) is 0 Å². The Balaban J connectivity index is 4.16. The van der Waals surface area contributed by atoms with Crippen molar-refractivity contribution in [2.75, 3.05) is 13.7 Å². The summed E-state index contributed by atoms with van der Waals surface area (Å²) in [6.07, 6.45) is 57.3. The van der Waals surface area contributed by atoms with Crippen molar-refractivity contribution in [3.8, 4) is 0 Å². The average molecular weight is 792 g/mol. The Bertz CT molecular complexity index is 740. The van der Waals surface area contributed by atoms with Crippen LogP contribution in [0.25, 0.3) is 0 Å². The molecule has 4 heteroatoms. The highest BCUT2D eigenvalue weighted by Gasteiger charge is 2.21. The molecule has 0 rings (SSSR count). The molecule has 0 spiro atoms. The second kappa shape index (κ2) is 42.5. The van der Waals surface area contributed by atoms with Gasteiger partial charge in [-0.15, -0.1) is 0 Å². The summed E-state index contributed by atoms with van der Waals surface area (Å²) in [5.74, 6) is 0. The molecule has 0 atom stereocenters. The summed E-state index contributed by atoms with van der Waals surface area (Å²) in [5, 5.41) is 4.50. The monoisotopic (exact) mass is 792 g/mol. The normalized spacial score (nSPS) is 12.5. The van der Waals surface area contributed by atoms with Gasteiger partial charge in [-0.1, -0.05) is 237 Å². The van der Waals surface area contributed by atoms with Crippen LogP contribution in [0.3, 0.4) is 0 Å². The molecule has 0 amide bonds. The second-order valence-electron chi connectivity index (χ2n) is 19.1. The Morgan fingerprint density at radius 2 is 0.696 bits per heavy atom. The first-order valence-electron chi connectivity index (χ1n) is 25.6. The van der Waals surface area contributed by atoms with E-state index < -0.39 is 0 Å². The largest absolute Gasteiger partial charge is 0.393 e. The van der Waals surface area contributed by atoms with Crippen molar-refractivity contribution in [1.29, 1.82) is 0 Å². The van der Waals surface area contributed by atoms with Gasteiger partial charge in [-0.25, -0.2) is 0 Å². The van der Waals surface area contributed by atoms with Gasteiger partial charge in [0.05, 0.1) is 17.8 Å². The zero-order valence-electron chi connectivity index (χ0n) is 39.8. The van der Waals surface area contributed by atoms with E-state index in [1.165, 1.54) is 231 Å². The molecule has 0 aliphatic carbocycles. The lowest BCUT2D eigenvalue weighted by atomic mass is 10.0. The van der Waals surface area contributed by atoms with Gasteiger partial charge < -0.3 is 14.3 Å². The Morgan fingerprint density at radius 3 is 0.982 bits per heavy atom. The first-order chi connectivity index (χ1) is 27.3. The van der Waals surface area contributed by atoms with Crippen molar-refractivity contribution in [2.24, 2.45) is 5.16 Å². The van der Waals surface area contributed by atoms with E-state index >= 15 is 0 Å². The summed E-state index contributed by atoms with van der Waals surface area (Å²) in [5.41, 5.74) is -0.411. The summed E-state index contributed by atoms with van der Waals surface area (Å²) >= 11 is 0. The van der Waals surface area contributed by atoms with E-state index in [0.29, 0.717) is 6.61 Å². The molecule has 0 aromatic heterocycles. The van der Waals surface area contributed by atoms with Crippen molar-refractivity contribution < 1.29 is 14.3 Å². The van der Waals surface area contributed by atoms with Crippen molar-refractivity contribution >= 4 is 6.21 Å². The van der Waals surface area contributed by atoms with Crippen LogP contribution >= 0.6 is 0 Å². The van der Waals surface area contributed by atoms with Gasteiger partial charge in [0, 0.05) is 19.7 Å². The first kappa shape index (κ1) is 55.4. The average Bonchev–Trinajstić information content (AvgIpc) is 3.18. The van der Waals surface area contributed by atoms with Crippen molar-refractivity contribution in [1.82, 2.24) is 0 Å².